The fourth-order valence-electron chi connectivity index (χ4n) is 0.972. The highest BCUT2D eigenvalue weighted by atomic mass is 19.3. The zero-order valence-electron chi connectivity index (χ0n) is 7.76. The molecule has 0 aliphatic heterocycles. The Balaban J connectivity index is 2.46. The number of alkyl halides is 2. The molecule has 0 aliphatic carbocycles. The number of benzene rings is 1. The third-order valence-electron chi connectivity index (χ3n) is 1.79. The molecule has 1 rings (SSSR count). The molecular formula is C10H11F2NO. The Kier molecular flexibility index (Phi) is 3.56. The van der Waals surface area contributed by atoms with Crippen molar-refractivity contribution < 1.29 is 13.6 Å². The van der Waals surface area contributed by atoms with E-state index in [0.29, 0.717) is 0 Å². The van der Waals surface area contributed by atoms with Crippen LogP contribution in [0.1, 0.15) is 11.1 Å². The summed E-state index contributed by atoms with van der Waals surface area (Å²) in [6.07, 6.45) is -2.94. The molecule has 4 heteroatoms. The van der Waals surface area contributed by atoms with Gasteiger partial charge in [0.1, 0.15) is 0 Å². The van der Waals surface area contributed by atoms with Crippen LogP contribution in [0.5, 0.6) is 0 Å². The first-order valence-electron chi connectivity index (χ1n) is 4.21. The normalized spacial score (nSPS) is 10.3. The number of rotatable bonds is 3. The first-order valence-corrected chi connectivity index (χ1v) is 4.21. The van der Waals surface area contributed by atoms with Crippen molar-refractivity contribution in [1.82, 2.24) is 5.32 Å². The second-order valence-corrected chi connectivity index (χ2v) is 3.00. The predicted octanol–water partition coefficient (Wildman–Crippen LogP) is 1.88. The van der Waals surface area contributed by atoms with E-state index in [1.165, 1.54) is 0 Å². The van der Waals surface area contributed by atoms with E-state index in [9.17, 15) is 13.6 Å². The van der Waals surface area contributed by atoms with Crippen molar-refractivity contribution in [3.8, 4) is 0 Å². The van der Waals surface area contributed by atoms with Crippen molar-refractivity contribution in [2.75, 3.05) is 0 Å². The van der Waals surface area contributed by atoms with Crippen LogP contribution in [0.3, 0.4) is 0 Å². The van der Waals surface area contributed by atoms with Crippen molar-refractivity contribution in [3.63, 3.8) is 0 Å². The van der Waals surface area contributed by atoms with E-state index < -0.39 is 12.3 Å². The molecule has 0 spiro atoms. The lowest BCUT2D eigenvalue weighted by Gasteiger charge is -2.04. The van der Waals surface area contributed by atoms with E-state index in [0.717, 1.165) is 11.1 Å². The molecular weight excluding hydrogens is 188 g/mol. The number of nitrogens with one attached hydrogen (secondary N) is 1. The lowest BCUT2D eigenvalue weighted by molar-refractivity contribution is -0.131. The number of aryl methyl sites for hydroxylation is 1. The maximum Gasteiger partial charge on any atom is 0.315 e. The maximum absolute atomic E-state index is 11.8. The van der Waals surface area contributed by atoms with Crippen molar-refractivity contribution in [1.29, 1.82) is 0 Å². The highest BCUT2D eigenvalue weighted by Crippen LogP contribution is 2.02. The summed E-state index contributed by atoms with van der Waals surface area (Å²) in [5.41, 5.74) is 1.90. The van der Waals surface area contributed by atoms with Gasteiger partial charge in [-0.2, -0.15) is 8.78 Å². The SMILES string of the molecule is Cc1ccc(CNC(=O)C(F)F)cc1. The Hall–Kier alpha value is -1.45. The van der Waals surface area contributed by atoms with Gasteiger partial charge in [0, 0.05) is 6.54 Å². The van der Waals surface area contributed by atoms with Gasteiger partial charge >= 0.3 is 6.43 Å². The Morgan fingerprint density at radius 1 is 1.36 bits per heavy atom. The molecule has 76 valence electrons. The van der Waals surface area contributed by atoms with Crippen LogP contribution in [0.15, 0.2) is 24.3 Å². The Morgan fingerprint density at radius 2 is 1.93 bits per heavy atom. The van der Waals surface area contributed by atoms with Crippen molar-refractivity contribution in [3.05, 3.63) is 35.4 Å². The number of amides is 1. The Labute approximate surface area is 80.9 Å². The average Bonchev–Trinajstić information content (AvgIpc) is 2.16. The molecule has 1 amide bonds. The standard InChI is InChI=1S/C10H11F2NO/c1-7-2-4-8(5-3-7)6-13-10(14)9(11)12/h2-5,9H,6H2,1H3,(H,13,14). The fourth-order valence-corrected chi connectivity index (χ4v) is 0.972. The van der Waals surface area contributed by atoms with Gasteiger partial charge in [0.05, 0.1) is 0 Å². The average molecular weight is 199 g/mol. The maximum atomic E-state index is 11.8. The van der Waals surface area contributed by atoms with Crippen LogP contribution in [0, 0.1) is 6.92 Å². The Morgan fingerprint density at radius 3 is 2.43 bits per heavy atom. The van der Waals surface area contributed by atoms with Gasteiger partial charge in [0.2, 0.25) is 0 Å². The summed E-state index contributed by atoms with van der Waals surface area (Å²) in [4.78, 5) is 10.5. The molecule has 1 aromatic carbocycles. The summed E-state index contributed by atoms with van der Waals surface area (Å²) in [7, 11) is 0. The van der Waals surface area contributed by atoms with E-state index in [1.54, 1.807) is 12.1 Å². The van der Waals surface area contributed by atoms with E-state index in [2.05, 4.69) is 5.32 Å². The summed E-state index contributed by atoms with van der Waals surface area (Å²) in [6.45, 7) is 2.07. The van der Waals surface area contributed by atoms with Crippen LogP contribution in [0.4, 0.5) is 8.78 Å². The first kappa shape index (κ1) is 10.6. The molecule has 0 aromatic heterocycles. The molecule has 0 aliphatic rings. The summed E-state index contributed by atoms with van der Waals surface area (Å²) in [5, 5.41) is 2.13. The molecule has 0 unspecified atom stereocenters. The van der Waals surface area contributed by atoms with Gasteiger partial charge < -0.3 is 5.32 Å². The molecule has 0 heterocycles. The lowest BCUT2D eigenvalue weighted by Crippen LogP contribution is -2.28. The molecule has 14 heavy (non-hydrogen) atoms. The smallest absolute Gasteiger partial charge is 0.315 e. The van der Waals surface area contributed by atoms with Crippen molar-refractivity contribution in [2.24, 2.45) is 0 Å². The van der Waals surface area contributed by atoms with E-state index in [-0.39, 0.29) is 6.54 Å². The second kappa shape index (κ2) is 4.69. The summed E-state index contributed by atoms with van der Waals surface area (Å²) in [6, 6.07) is 7.32. The number of carbonyl (C=O) groups excluding carboxylic acids is 1. The van der Waals surface area contributed by atoms with Crippen LogP contribution < -0.4 is 5.32 Å². The topological polar surface area (TPSA) is 29.1 Å². The van der Waals surface area contributed by atoms with Gasteiger partial charge in [0.25, 0.3) is 5.91 Å². The summed E-state index contributed by atoms with van der Waals surface area (Å²) in [5.74, 6) is -1.23. The largest absolute Gasteiger partial charge is 0.347 e. The summed E-state index contributed by atoms with van der Waals surface area (Å²) < 4.78 is 23.6. The first-order chi connectivity index (χ1) is 6.59. The van der Waals surface area contributed by atoms with Crippen molar-refractivity contribution >= 4 is 5.91 Å². The highest BCUT2D eigenvalue weighted by molar-refractivity contribution is 5.78. The highest BCUT2D eigenvalue weighted by Gasteiger charge is 2.13. The van der Waals surface area contributed by atoms with Gasteiger partial charge in [0.15, 0.2) is 0 Å². The van der Waals surface area contributed by atoms with Gasteiger partial charge in [-0.05, 0) is 12.5 Å². The minimum Gasteiger partial charge on any atom is -0.347 e. The van der Waals surface area contributed by atoms with Gasteiger partial charge in [-0.1, -0.05) is 29.8 Å². The zero-order chi connectivity index (χ0) is 10.6. The molecule has 2 nitrogen and oxygen atoms in total. The second-order valence-electron chi connectivity index (χ2n) is 3.00. The van der Waals surface area contributed by atoms with Gasteiger partial charge in [-0.25, -0.2) is 0 Å². The van der Waals surface area contributed by atoms with Gasteiger partial charge in [-0.15, -0.1) is 0 Å². The third kappa shape index (κ3) is 3.12. The monoisotopic (exact) mass is 199 g/mol. The fraction of sp³-hybridized carbons (Fsp3) is 0.300. The minimum atomic E-state index is -2.94. The molecule has 0 bridgehead atoms. The van der Waals surface area contributed by atoms with Crippen LogP contribution in [0.2, 0.25) is 0 Å². The molecule has 0 saturated heterocycles. The van der Waals surface area contributed by atoms with Crippen LogP contribution in [0.25, 0.3) is 0 Å². The molecule has 1 aromatic rings. The number of carbonyl (C=O) groups is 1. The minimum absolute atomic E-state index is 0.142. The third-order valence-corrected chi connectivity index (χ3v) is 1.79. The quantitative estimate of drug-likeness (QED) is 0.791. The van der Waals surface area contributed by atoms with E-state index >= 15 is 0 Å². The van der Waals surface area contributed by atoms with E-state index in [1.807, 2.05) is 19.1 Å². The van der Waals surface area contributed by atoms with Crippen LogP contribution in [-0.4, -0.2) is 12.3 Å². The van der Waals surface area contributed by atoms with Crippen LogP contribution >= 0.6 is 0 Å². The van der Waals surface area contributed by atoms with E-state index in [4.69, 9.17) is 0 Å². The molecule has 0 atom stereocenters. The zero-order valence-corrected chi connectivity index (χ0v) is 7.76. The number of hydrogen-bond acceptors (Lipinski definition) is 1. The van der Waals surface area contributed by atoms with Crippen LogP contribution in [-0.2, 0) is 11.3 Å². The molecule has 0 radical (unpaired) electrons. The molecule has 0 saturated carbocycles. The predicted molar refractivity (Wildman–Crippen MR) is 49.0 cm³/mol. The Bertz CT molecular complexity index is 308. The number of hydrogen-bond donors (Lipinski definition) is 1. The lowest BCUT2D eigenvalue weighted by atomic mass is 10.1. The van der Waals surface area contributed by atoms with Crippen molar-refractivity contribution in [2.45, 2.75) is 19.9 Å². The summed E-state index contributed by atoms with van der Waals surface area (Å²) >= 11 is 0. The molecule has 1 N–H and O–H groups in total. The van der Waals surface area contributed by atoms with Gasteiger partial charge in [-0.3, -0.25) is 4.79 Å². The molecule has 0 fully saturated rings. The number of halogens is 2.